The van der Waals surface area contributed by atoms with Crippen LogP contribution in [0.2, 0.25) is 0 Å². The molecule has 1 aliphatic rings. The van der Waals surface area contributed by atoms with Crippen molar-refractivity contribution in [3.8, 4) is 0 Å². The van der Waals surface area contributed by atoms with E-state index in [0.717, 1.165) is 19.6 Å². The molecule has 0 radical (unpaired) electrons. The maximum atomic E-state index is 4.83. The van der Waals surface area contributed by atoms with Crippen LogP contribution in [0, 0.1) is 0 Å². The minimum absolute atomic E-state index is 0.167. The summed E-state index contributed by atoms with van der Waals surface area (Å²) in [4.78, 5) is 7.41. The Morgan fingerprint density at radius 2 is 2.25 bits per heavy atom. The largest absolute Gasteiger partial charge is 0.313 e. The third-order valence-electron chi connectivity index (χ3n) is 3.88. The predicted octanol–water partition coefficient (Wildman–Crippen LogP) is 3.40. The van der Waals surface area contributed by atoms with Gasteiger partial charge in [0.15, 0.2) is 0 Å². The third-order valence-corrected chi connectivity index (χ3v) is 4.71. The monoisotopic (exact) mass is 295 g/mol. The summed E-state index contributed by atoms with van der Waals surface area (Å²) < 4.78 is 0. The molecule has 1 aromatic heterocycles. The molecule has 3 nitrogen and oxygen atoms in total. The Balaban J connectivity index is 1.95. The second-order valence-corrected chi connectivity index (χ2v) is 7.85. The highest BCUT2D eigenvalue weighted by molar-refractivity contribution is 7.09. The predicted molar refractivity (Wildman–Crippen MR) is 87.4 cm³/mol. The van der Waals surface area contributed by atoms with E-state index in [1.165, 1.54) is 36.5 Å². The highest BCUT2D eigenvalue weighted by Crippen LogP contribution is 2.24. The molecule has 0 amide bonds. The lowest BCUT2D eigenvalue weighted by molar-refractivity contribution is 0.254. The molecule has 1 aromatic rings. The minimum Gasteiger partial charge on any atom is -0.313 e. The number of rotatable bonds is 4. The van der Waals surface area contributed by atoms with Crippen LogP contribution in [0.3, 0.4) is 0 Å². The van der Waals surface area contributed by atoms with Crippen LogP contribution in [0.15, 0.2) is 5.38 Å². The van der Waals surface area contributed by atoms with E-state index >= 15 is 0 Å². The van der Waals surface area contributed by atoms with Crippen molar-refractivity contribution in [3.63, 3.8) is 0 Å². The van der Waals surface area contributed by atoms with E-state index < -0.39 is 0 Å². The molecule has 4 heteroatoms. The molecule has 114 valence electrons. The lowest BCUT2D eigenvalue weighted by atomic mass is 9.93. The van der Waals surface area contributed by atoms with Crippen LogP contribution in [0.1, 0.15) is 57.7 Å². The molecule has 1 unspecified atom stereocenters. The van der Waals surface area contributed by atoms with E-state index in [2.05, 4.69) is 43.3 Å². The van der Waals surface area contributed by atoms with E-state index in [1.54, 1.807) is 0 Å². The van der Waals surface area contributed by atoms with Crippen molar-refractivity contribution < 1.29 is 0 Å². The molecule has 0 spiro atoms. The molecule has 0 bridgehead atoms. The van der Waals surface area contributed by atoms with Crippen molar-refractivity contribution in [1.82, 2.24) is 15.2 Å². The zero-order valence-corrected chi connectivity index (χ0v) is 14.2. The molecule has 1 atom stereocenters. The van der Waals surface area contributed by atoms with Crippen molar-refractivity contribution in [2.45, 2.75) is 65.0 Å². The lowest BCUT2D eigenvalue weighted by Crippen LogP contribution is -2.37. The maximum Gasteiger partial charge on any atom is 0.107 e. The first kappa shape index (κ1) is 15.9. The first-order chi connectivity index (χ1) is 9.49. The fraction of sp³-hybridized carbons (Fsp3) is 0.812. The number of nitrogens with one attached hydrogen (secondary N) is 1. The van der Waals surface area contributed by atoms with Crippen LogP contribution in [0.5, 0.6) is 0 Å². The van der Waals surface area contributed by atoms with Crippen LogP contribution in [-0.2, 0) is 12.0 Å². The standard InChI is InChI=1S/C16H29N3S/c1-5-7-13-10-19(9-6-8-17-13)11-15-18-14(12-20-15)16(2,3)4/h12-13,17H,5-11H2,1-4H3. The molecular formula is C16H29N3S. The molecule has 1 saturated heterocycles. The Kier molecular flexibility index (Phi) is 5.58. The first-order valence-corrected chi connectivity index (χ1v) is 8.77. The van der Waals surface area contributed by atoms with Crippen LogP contribution < -0.4 is 5.32 Å². The van der Waals surface area contributed by atoms with Gasteiger partial charge in [0.25, 0.3) is 0 Å². The summed E-state index contributed by atoms with van der Waals surface area (Å²) in [6.07, 6.45) is 3.79. The number of hydrogen-bond acceptors (Lipinski definition) is 4. The lowest BCUT2D eigenvalue weighted by Gasteiger charge is -2.23. The third kappa shape index (κ3) is 4.54. The van der Waals surface area contributed by atoms with Gasteiger partial charge in [-0.3, -0.25) is 4.90 Å². The van der Waals surface area contributed by atoms with Crippen molar-refractivity contribution in [2.75, 3.05) is 19.6 Å². The van der Waals surface area contributed by atoms with Crippen LogP contribution in [-0.4, -0.2) is 35.6 Å². The van der Waals surface area contributed by atoms with Gasteiger partial charge in [-0.15, -0.1) is 11.3 Å². The number of nitrogens with zero attached hydrogens (tertiary/aromatic N) is 2. The van der Waals surface area contributed by atoms with E-state index in [4.69, 9.17) is 4.98 Å². The fourth-order valence-corrected chi connectivity index (χ4v) is 3.74. The number of aromatic nitrogens is 1. The molecule has 2 heterocycles. The van der Waals surface area contributed by atoms with E-state index in [1.807, 2.05) is 11.3 Å². The SMILES string of the molecule is CCCC1CN(Cc2nc(C(C)(C)C)cs2)CCCN1. The summed E-state index contributed by atoms with van der Waals surface area (Å²) in [6, 6.07) is 0.657. The number of hydrogen-bond donors (Lipinski definition) is 1. The highest BCUT2D eigenvalue weighted by Gasteiger charge is 2.20. The topological polar surface area (TPSA) is 28.2 Å². The van der Waals surface area contributed by atoms with Gasteiger partial charge < -0.3 is 5.32 Å². The van der Waals surface area contributed by atoms with Crippen LogP contribution >= 0.6 is 11.3 Å². The molecule has 20 heavy (non-hydrogen) atoms. The van der Waals surface area contributed by atoms with Gasteiger partial charge >= 0.3 is 0 Å². The normalized spacial score (nSPS) is 21.9. The summed E-state index contributed by atoms with van der Waals surface area (Å²) in [5.41, 5.74) is 1.40. The van der Waals surface area contributed by atoms with E-state index in [0.29, 0.717) is 6.04 Å². The summed E-state index contributed by atoms with van der Waals surface area (Å²) in [7, 11) is 0. The summed E-state index contributed by atoms with van der Waals surface area (Å²) in [6.45, 7) is 13.5. The second-order valence-electron chi connectivity index (χ2n) is 6.90. The molecular weight excluding hydrogens is 266 g/mol. The summed E-state index contributed by atoms with van der Waals surface area (Å²) in [5.74, 6) is 0. The molecule has 2 rings (SSSR count). The van der Waals surface area contributed by atoms with Crippen LogP contribution in [0.4, 0.5) is 0 Å². The summed E-state index contributed by atoms with van der Waals surface area (Å²) >= 11 is 1.82. The Bertz CT molecular complexity index is 408. The molecule has 0 saturated carbocycles. The Hall–Kier alpha value is -0.450. The van der Waals surface area contributed by atoms with Gasteiger partial charge in [0.05, 0.1) is 12.2 Å². The smallest absolute Gasteiger partial charge is 0.107 e. The average molecular weight is 295 g/mol. The van der Waals surface area contributed by atoms with E-state index in [9.17, 15) is 0 Å². The fourth-order valence-electron chi connectivity index (χ4n) is 2.68. The Morgan fingerprint density at radius 1 is 1.45 bits per heavy atom. The van der Waals surface area contributed by atoms with Crippen LogP contribution in [0.25, 0.3) is 0 Å². The molecule has 0 aliphatic carbocycles. The number of thiazole rings is 1. The molecule has 0 aromatic carbocycles. The highest BCUT2D eigenvalue weighted by atomic mass is 32.1. The second kappa shape index (κ2) is 7.01. The quantitative estimate of drug-likeness (QED) is 0.922. The van der Waals surface area contributed by atoms with Gasteiger partial charge in [0.2, 0.25) is 0 Å². The van der Waals surface area contributed by atoms with Crippen molar-refractivity contribution in [3.05, 3.63) is 16.1 Å². The zero-order valence-electron chi connectivity index (χ0n) is 13.4. The molecule has 1 fully saturated rings. The molecule has 1 N–H and O–H groups in total. The van der Waals surface area contributed by atoms with Gasteiger partial charge in [0, 0.05) is 23.4 Å². The average Bonchev–Trinajstić information content (AvgIpc) is 2.72. The molecule has 1 aliphatic heterocycles. The summed E-state index contributed by atoms with van der Waals surface area (Å²) in [5, 5.41) is 7.17. The van der Waals surface area contributed by atoms with Gasteiger partial charge in [-0.2, -0.15) is 0 Å². The zero-order chi connectivity index (χ0) is 14.6. The van der Waals surface area contributed by atoms with Gasteiger partial charge in [-0.25, -0.2) is 4.98 Å². The van der Waals surface area contributed by atoms with Crippen molar-refractivity contribution in [2.24, 2.45) is 0 Å². The van der Waals surface area contributed by atoms with Crippen molar-refractivity contribution >= 4 is 11.3 Å². The van der Waals surface area contributed by atoms with Gasteiger partial charge in [-0.1, -0.05) is 34.1 Å². The minimum atomic E-state index is 0.167. The first-order valence-electron chi connectivity index (χ1n) is 7.89. The van der Waals surface area contributed by atoms with Gasteiger partial charge in [0.1, 0.15) is 5.01 Å². The Morgan fingerprint density at radius 3 is 2.90 bits per heavy atom. The Labute approximate surface area is 127 Å². The maximum absolute atomic E-state index is 4.83. The van der Waals surface area contributed by atoms with Gasteiger partial charge in [-0.05, 0) is 25.9 Å². The van der Waals surface area contributed by atoms with E-state index in [-0.39, 0.29) is 5.41 Å². The van der Waals surface area contributed by atoms with Crippen molar-refractivity contribution in [1.29, 1.82) is 0 Å².